The zero-order chi connectivity index (χ0) is 15.2. The van der Waals surface area contributed by atoms with Crippen LogP contribution >= 0.6 is 0 Å². The maximum absolute atomic E-state index is 11.3. The summed E-state index contributed by atoms with van der Waals surface area (Å²) >= 11 is 0. The lowest BCUT2D eigenvalue weighted by molar-refractivity contribution is -0.134. The molecule has 5 nitrogen and oxygen atoms in total. The maximum Gasteiger partial charge on any atom is 0.330 e. The summed E-state index contributed by atoms with van der Waals surface area (Å²) in [7, 11) is -2.38. The molecule has 0 aliphatic rings. The molecule has 1 aromatic carbocycles. The number of esters is 1. The number of methoxy groups -OCH3 is 1. The topological polar surface area (TPSA) is 69.7 Å². The number of hydrogen-bond acceptors (Lipinski definition) is 5. The monoisotopic (exact) mass is 298 g/mol. The molecular weight excluding hydrogens is 280 g/mol. The van der Waals surface area contributed by atoms with E-state index in [2.05, 4.69) is 4.74 Å². The van der Waals surface area contributed by atoms with E-state index < -0.39 is 22.2 Å². The van der Waals surface area contributed by atoms with Gasteiger partial charge in [-0.05, 0) is 11.6 Å². The molecule has 0 aliphatic heterocycles. The molecule has 0 heterocycles. The molecule has 0 amide bonds. The van der Waals surface area contributed by atoms with Crippen molar-refractivity contribution in [3.63, 3.8) is 0 Å². The normalized spacial score (nSPS) is 14.9. The highest BCUT2D eigenvalue weighted by molar-refractivity contribution is 7.86. The molecule has 0 aromatic heterocycles. The van der Waals surface area contributed by atoms with E-state index in [0.29, 0.717) is 0 Å². The Morgan fingerprint density at radius 1 is 1.25 bits per heavy atom. The van der Waals surface area contributed by atoms with Crippen molar-refractivity contribution in [3.05, 3.63) is 48.0 Å². The molecule has 0 saturated heterocycles. The summed E-state index contributed by atoms with van der Waals surface area (Å²) in [5.74, 6) is -0.792. The van der Waals surface area contributed by atoms with Crippen molar-refractivity contribution in [1.29, 1.82) is 0 Å². The quantitative estimate of drug-likeness (QED) is 0.455. The molecule has 0 N–H and O–H groups in total. The number of rotatable bonds is 6. The van der Waals surface area contributed by atoms with Gasteiger partial charge < -0.3 is 4.74 Å². The van der Waals surface area contributed by atoms with Gasteiger partial charge in [-0.15, -0.1) is 0 Å². The Balaban J connectivity index is 2.98. The van der Waals surface area contributed by atoms with Crippen molar-refractivity contribution in [2.75, 3.05) is 13.4 Å². The second kappa shape index (κ2) is 7.21. The Kier molecular flexibility index (Phi) is 5.91. The van der Waals surface area contributed by atoms with Crippen LogP contribution in [0.5, 0.6) is 0 Å². The number of benzene rings is 1. The Morgan fingerprint density at radius 3 is 2.35 bits per heavy atom. The summed E-state index contributed by atoms with van der Waals surface area (Å²) in [5.41, 5.74) is 0.913. The zero-order valence-electron chi connectivity index (χ0n) is 11.6. The summed E-state index contributed by atoms with van der Waals surface area (Å²) in [4.78, 5) is 11.1. The lowest BCUT2D eigenvalue weighted by atomic mass is 9.95. The molecule has 2 atom stereocenters. The zero-order valence-corrected chi connectivity index (χ0v) is 12.5. The van der Waals surface area contributed by atoms with E-state index in [1.807, 2.05) is 37.3 Å². The first-order chi connectivity index (χ1) is 9.33. The van der Waals surface area contributed by atoms with Gasteiger partial charge in [-0.1, -0.05) is 37.3 Å². The third-order valence-electron chi connectivity index (χ3n) is 2.73. The molecule has 1 aromatic rings. The SMILES string of the molecule is COC(=O)/C=C/[C@@H](OS(C)(=O)=O)[C@H](C)c1ccccc1. The van der Waals surface area contributed by atoms with Crippen molar-refractivity contribution in [2.24, 2.45) is 0 Å². The van der Waals surface area contributed by atoms with E-state index in [1.165, 1.54) is 13.2 Å². The van der Waals surface area contributed by atoms with Gasteiger partial charge in [0, 0.05) is 12.0 Å². The first kappa shape index (κ1) is 16.4. The van der Waals surface area contributed by atoms with Gasteiger partial charge in [0.2, 0.25) is 0 Å². The number of hydrogen-bond donors (Lipinski definition) is 0. The minimum Gasteiger partial charge on any atom is -0.466 e. The van der Waals surface area contributed by atoms with Crippen LogP contribution in [0.2, 0.25) is 0 Å². The summed E-state index contributed by atoms with van der Waals surface area (Å²) in [6.45, 7) is 1.83. The lowest BCUT2D eigenvalue weighted by Crippen LogP contribution is -2.22. The van der Waals surface area contributed by atoms with Crippen LogP contribution in [-0.2, 0) is 23.8 Å². The van der Waals surface area contributed by atoms with Crippen LogP contribution in [0.15, 0.2) is 42.5 Å². The van der Waals surface area contributed by atoms with Gasteiger partial charge in [0.05, 0.1) is 13.4 Å². The van der Waals surface area contributed by atoms with Crippen LogP contribution in [-0.4, -0.2) is 33.9 Å². The maximum atomic E-state index is 11.3. The van der Waals surface area contributed by atoms with E-state index in [9.17, 15) is 13.2 Å². The molecule has 0 bridgehead atoms. The molecule has 0 saturated carbocycles. The third kappa shape index (κ3) is 5.54. The molecule has 0 radical (unpaired) electrons. The van der Waals surface area contributed by atoms with Gasteiger partial charge in [-0.25, -0.2) is 4.79 Å². The standard InChI is InChI=1S/C14H18O5S/c1-11(12-7-5-4-6-8-12)13(19-20(3,16)17)9-10-14(15)18-2/h4-11,13H,1-3H3/b10-9+/t11-,13-/m1/s1. The average molecular weight is 298 g/mol. The van der Waals surface area contributed by atoms with E-state index in [-0.39, 0.29) is 5.92 Å². The van der Waals surface area contributed by atoms with Crippen molar-refractivity contribution in [2.45, 2.75) is 18.9 Å². The predicted molar refractivity (Wildman–Crippen MR) is 75.7 cm³/mol. The molecule has 1 rings (SSSR count). The molecule has 20 heavy (non-hydrogen) atoms. The van der Waals surface area contributed by atoms with E-state index >= 15 is 0 Å². The van der Waals surface area contributed by atoms with E-state index in [4.69, 9.17) is 4.18 Å². The Bertz CT molecular complexity index is 562. The number of carbonyl (C=O) groups is 1. The smallest absolute Gasteiger partial charge is 0.330 e. The average Bonchev–Trinajstić information content (AvgIpc) is 2.42. The minimum atomic E-state index is -3.63. The Labute approximate surface area is 119 Å². The first-order valence-electron chi connectivity index (χ1n) is 6.03. The third-order valence-corrected chi connectivity index (χ3v) is 3.30. The van der Waals surface area contributed by atoms with Crippen LogP contribution in [0.3, 0.4) is 0 Å². The van der Waals surface area contributed by atoms with Crippen LogP contribution in [0.4, 0.5) is 0 Å². The second-order valence-corrected chi connectivity index (χ2v) is 5.95. The lowest BCUT2D eigenvalue weighted by Gasteiger charge is -2.20. The molecule has 110 valence electrons. The highest BCUT2D eigenvalue weighted by Gasteiger charge is 2.21. The van der Waals surface area contributed by atoms with Gasteiger partial charge in [0.1, 0.15) is 6.10 Å². The van der Waals surface area contributed by atoms with Gasteiger partial charge in [-0.3, -0.25) is 4.18 Å². The van der Waals surface area contributed by atoms with Crippen LogP contribution in [0.1, 0.15) is 18.4 Å². The molecule has 6 heteroatoms. The van der Waals surface area contributed by atoms with Gasteiger partial charge in [0.25, 0.3) is 10.1 Å². The summed E-state index contributed by atoms with van der Waals surface area (Å²) in [6.07, 6.45) is 2.76. The fourth-order valence-electron chi connectivity index (χ4n) is 1.67. The summed E-state index contributed by atoms with van der Waals surface area (Å²) in [5, 5.41) is 0. The molecular formula is C14H18O5S. The van der Waals surface area contributed by atoms with Crippen LogP contribution in [0, 0.1) is 0 Å². The molecule has 0 aliphatic carbocycles. The highest BCUT2D eigenvalue weighted by atomic mass is 32.2. The first-order valence-corrected chi connectivity index (χ1v) is 7.84. The summed E-state index contributed by atoms with van der Waals surface area (Å²) in [6, 6.07) is 9.32. The van der Waals surface area contributed by atoms with Gasteiger partial charge >= 0.3 is 5.97 Å². The fourth-order valence-corrected chi connectivity index (χ4v) is 2.31. The van der Waals surface area contributed by atoms with Crippen molar-refractivity contribution >= 4 is 16.1 Å². The predicted octanol–water partition coefficient (Wildman–Crippen LogP) is 1.86. The largest absolute Gasteiger partial charge is 0.466 e. The van der Waals surface area contributed by atoms with Crippen LogP contribution in [0.25, 0.3) is 0 Å². The highest BCUT2D eigenvalue weighted by Crippen LogP contribution is 2.23. The Morgan fingerprint density at radius 2 is 1.85 bits per heavy atom. The second-order valence-electron chi connectivity index (χ2n) is 4.35. The molecule has 0 unspecified atom stereocenters. The van der Waals surface area contributed by atoms with E-state index in [1.54, 1.807) is 0 Å². The van der Waals surface area contributed by atoms with Crippen molar-refractivity contribution in [1.82, 2.24) is 0 Å². The Hall–Kier alpha value is -1.66. The van der Waals surface area contributed by atoms with Crippen molar-refractivity contribution < 1.29 is 22.1 Å². The number of ether oxygens (including phenoxy) is 1. The fraction of sp³-hybridized carbons (Fsp3) is 0.357. The van der Waals surface area contributed by atoms with Gasteiger partial charge in [0.15, 0.2) is 0 Å². The van der Waals surface area contributed by atoms with E-state index in [0.717, 1.165) is 17.9 Å². The molecule has 0 spiro atoms. The minimum absolute atomic E-state index is 0.230. The number of carbonyl (C=O) groups excluding carboxylic acids is 1. The van der Waals surface area contributed by atoms with Crippen LogP contribution < -0.4 is 0 Å². The van der Waals surface area contributed by atoms with Gasteiger partial charge in [-0.2, -0.15) is 8.42 Å². The molecule has 0 fully saturated rings. The summed E-state index contributed by atoms with van der Waals surface area (Å²) < 4.78 is 32.2. The van der Waals surface area contributed by atoms with Crippen molar-refractivity contribution in [3.8, 4) is 0 Å².